The van der Waals surface area contributed by atoms with Crippen LogP contribution in [0.4, 0.5) is 0 Å². The molecule has 0 fully saturated rings. The molecular formula is C14H7Cl8O3P. The Morgan fingerprint density at radius 1 is 0.692 bits per heavy atom. The van der Waals surface area contributed by atoms with Gasteiger partial charge in [-0.1, -0.05) is 92.8 Å². The van der Waals surface area contributed by atoms with Crippen LogP contribution in [0.2, 0.25) is 30.1 Å². The number of benzene rings is 2. The molecule has 3 nitrogen and oxygen atoms in total. The van der Waals surface area contributed by atoms with Crippen LogP contribution >= 0.6 is 100 Å². The number of halogens is 8. The van der Waals surface area contributed by atoms with Gasteiger partial charge < -0.3 is 9.05 Å². The lowest BCUT2D eigenvalue weighted by Gasteiger charge is -2.27. The molecule has 0 aliphatic carbocycles. The minimum atomic E-state index is -4.31. The Hall–Kier alpha value is 0.590. The topological polar surface area (TPSA) is 35.5 Å². The van der Waals surface area contributed by atoms with Crippen molar-refractivity contribution in [3.63, 3.8) is 0 Å². The number of alkyl halides is 2. The summed E-state index contributed by atoms with van der Waals surface area (Å²) < 4.78 is 22.1. The molecule has 0 heterocycles. The fourth-order valence-electron chi connectivity index (χ4n) is 1.59. The van der Waals surface area contributed by atoms with E-state index in [0.717, 1.165) is 0 Å². The second-order valence-electron chi connectivity index (χ2n) is 4.92. The molecule has 2 aromatic rings. The Balaban J connectivity index is 2.49. The Kier molecular flexibility index (Phi) is 7.51. The Bertz CT molecular complexity index is 833. The normalized spacial score (nSPS) is 12.2. The quantitative estimate of drug-likeness (QED) is 0.216. The molecule has 0 unspecified atom stereocenters. The average molecular weight is 538 g/mol. The van der Waals surface area contributed by atoms with Crippen LogP contribution in [0.5, 0.6) is 11.5 Å². The van der Waals surface area contributed by atoms with E-state index in [1.54, 1.807) is 0 Å². The van der Waals surface area contributed by atoms with Crippen LogP contribution in [0.25, 0.3) is 0 Å². The standard InChI is InChI=1S/C14H7Cl8O3P/c1-14(21,22)26(23,24-12-4-8(17)6(15)2-10(12)19)25-13-5-9(18)7(16)3-11(13)20/h2-5H,1H3. The van der Waals surface area contributed by atoms with E-state index in [-0.39, 0.29) is 41.6 Å². The molecule has 2 aromatic carbocycles. The van der Waals surface area contributed by atoms with Crippen molar-refractivity contribution in [3.8, 4) is 11.5 Å². The largest absolute Gasteiger partial charge is 0.466 e. The summed E-state index contributed by atoms with van der Waals surface area (Å²) in [5.74, 6) is -0.207. The van der Waals surface area contributed by atoms with Crippen molar-refractivity contribution in [1.29, 1.82) is 0 Å². The van der Waals surface area contributed by atoms with Gasteiger partial charge in [0.25, 0.3) is 0 Å². The van der Waals surface area contributed by atoms with Gasteiger partial charge in [-0.2, -0.15) is 0 Å². The number of rotatable bonds is 5. The molecule has 0 saturated heterocycles. The first-order chi connectivity index (χ1) is 11.8. The van der Waals surface area contributed by atoms with E-state index in [9.17, 15) is 4.57 Å². The fraction of sp³-hybridized carbons (Fsp3) is 0.143. The Morgan fingerprint density at radius 3 is 1.31 bits per heavy atom. The van der Waals surface area contributed by atoms with E-state index < -0.39 is 11.7 Å². The van der Waals surface area contributed by atoms with Gasteiger partial charge in [0.1, 0.15) is 0 Å². The van der Waals surface area contributed by atoms with Crippen LogP contribution in [0, 0.1) is 0 Å². The number of hydrogen-bond acceptors (Lipinski definition) is 3. The number of hydrogen-bond donors (Lipinski definition) is 0. The maximum atomic E-state index is 13.3. The van der Waals surface area contributed by atoms with Crippen molar-refractivity contribution in [3.05, 3.63) is 54.4 Å². The van der Waals surface area contributed by atoms with Crippen molar-refractivity contribution >= 4 is 100 Å². The predicted octanol–water partition coefficient (Wildman–Crippen LogP) is 9.41. The summed E-state index contributed by atoms with van der Waals surface area (Å²) in [6.07, 6.45) is 0. The average Bonchev–Trinajstić information content (AvgIpc) is 2.49. The second-order valence-corrected chi connectivity index (χ2v) is 11.8. The first-order valence-electron chi connectivity index (χ1n) is 6.50. The molecule has 0 saturated carbocycles. The molecule has 0 atom stereocenters. The summed E-state index contributed by atoms with van der Waals surface area (Å²) >= 11 is 47.7. The molecule has 0 amide bonds. The summed E-state index contributed by atoms with van der Waals surface area (Å²) in [4.78, 5) is 0. The highest BCUT2D eigenvalue weighted by atomic mass is 35.5. The first-order valence-corrected chi connectivity index (χ1v) is 11.1. The van der Waals surface area contributed by atoms with Gasteiger partial charge in [-0.15, -0.1) is 0 Å². The van der Waals surface area contributed by atoms with E-state index in [1.165, 1.54) is 31.2 Å². The lowest BCUT2D eigenvalue weighted by Crippen LogP contribution is -2.17. The molecular weight excluding hydrogens is 531 g/mol. The molecule has 26 heavy (non-hydrogen) atoms. The van der Waals surface area contributed by atoms with Crippen LogP contribution in [0.1, 0.15) is 6.92 Å². The maximum Gasteiger partial charge on any atom is 0.466 e. The van der Waals surface area contributed by atoms with Gasteiger partial charge in [-0.25, -0.2) is 4.57 Å². The van der Waals surface area contributed by atoms with E-state index in [4.69, 9.17) is 102 Å². The molecule has 2 rings (SSSR count). The predicted molar refractivity (Wildman–Crippen MR) is 112 cm³/mol. The molecule has 0 aliphatic rings. The van der Waals surface area contributed by atoms with Crippen molar-refractivity contribution in [2.24, 2.45) is 0 Å². The molecule has 0 bridgehead atoms. The van der Waals surface area contributed by atoms with Gasteiger partial charge >= 0.3 is 7.60 Å². The summed E-state index contributed by atoms with van der Waals surface area (Å²) in [5, 5.41) is 0.591. The third kappa shape index (κ3) is 5.14. The molecule has 0 aliphatic heterocycles. The van der Waals surface area contributed by atoms with Crippen LogP contribution in [0.3, 0.4) is 0 Å². The van der Waals surface area contributed by atoms with Crippen LogP contribution < -0.4 is 9.05 Å². The lowest BCUT2D eigenvalue weighted by molar-refractivity contribution is 0.380. The van der Waals surface area contributed by atoms with Gasteiger partial charge in [0.2, 0.25) is 4.07 Å². The fourth-order valence-corrected chi connectivity index (χ4v) is 4.44. The third-order valence-electron chi connectivity index (χ3n) is 2.87. The first kappa shape index (κ1) is 22.9. The highest BCUT2D eigenvalue weighted by molar-refractivity contribution is 7.60. The van der Waals surface area contributed by atoms with Crippen LogP contribution in [-0.2, 0) is 4.57 Å². The zero-order chi connectivity index (χ0) is 19.9. The van der Waals surface area contributed by atoms with Crippen LogP contribution in [0.15, 0.2) is 24.3 Å². The molecule has 0 N–H and O–H groups in total. The van der Waals surface area contributed by atoms with Crippen molar-refractivity contribution in [1.82, 2.24) is 0 Å². The van der Waals surface area contributed by atoms with E-state index >= 15 is 0 Å². The summed E-state index contributed by atoms with van der Waals surface area (Å²) in [5.41, 5.74) is 0. The van der Waals surface area contributed by atoms with Crippen molar-refractivity contribution in [2.75, 3.05) is 0 Å². The monoisotopic (exact) mass is 534 g/mol. The van der Waals surface area contributed by atoms with Crippen LogP contribution in [-0.4, -0.2) is 4.07 Å². The van der Waals surface area contributed by atoms with Gasteiger partial charge in [0, 0.05) is 12.1 Å². The Labute approximate surface area is 189 Å². The molecule has 0 aromatic heterocycles. The smallest absolute Gasteiger partial charge is 0.412 e. The highest BCUT2D eigenvalue weighted by Crippen LogP contribution is 2.64. The molecule has 0 radical (unpaired) electrons. The van der Waals surface area contributed by atoms with E-state index in [0.29, 0.717) is 0 Å². The zero-order valence-electron chi connectivity index (χ0n) is 12.5. The summed E-state index contributed by atoms with van der Waals surface area (Å²) in [7, 11) is -4.31. The molecule has 142 valence electrons. The highest BCUT2D eigenvalue weighted by Gasteiger charge is 2.49. The zero-order valence-corrected chi connectivity index (χ0v) is 19.4. The maximum absolute atomic E-state index is 13.3. The molecule has 0 spiro atoms. The van der Waals surface area contributed by atoms with E-state index in [2.05, 4.69) is 0 Å². The van der Waals surface area contributed by atoms with Gasteiger partial charge in [0.15, 0.2) is 11.5 Å². The van der Waals surface area contributed by atoms with Gasteiger partial charge in [-0.05, 0) is 19.1 Å². The minimum Gasteiger partial charge on any atom is -0.412 e. The molecule has 12 heteroatoms. The van der Waals surface area contributed by atoms with Crippen molar-refractivity contribution in [2.45, 2.75) is 11.0 Å². The Morgan fingerprint density at radius 2 is 1.00 bits per heavy atom. The second kappa shape index (κ2) is 8.53. The SMILES string of the molecule is CC(Cl)(Cl)P(=O)(Oc1cc(Cl)c(Cl)cc1Cl)Oc1cc(Cl)c(Cl)cc1Cl. The van der Waals surface area contributed by atoms with Gasteiger partial charge in [0.05, 0.1) is 30.1 Å². The summed E-state index contributed by atoms with van der Waals surface area (Å²) in [6, 6.07) is 5.10. The van der Waals surface area contributed by atoms with Gasteiger partial charge in [-0.3, -0.25) is 0 Å². The van der Waals surface area contributed by atoms with E-state index in [1.807, 2.05) is 0 Å². The minimum absolute atomic E-state index is 0.0149. The summed E-state index contributed by atoms with van der Waals surface area (Å²) in [6.45, 7) is 1.22. The third-order valence-corrected chi connectivity index (χ3v) is 7.98. The van der Waals surface area contributed by atoms with Crippen molar-refractivity contribution < 1.29 is 13.6 Å². The lowest BCUT2D eigenvalue weighted by atomic mass is 10.3.